The van der Waals surface area contributed by atoms with Crippen LogP contribution in [0.25, 0.3) is 11.3 Å². The Hall–Kier alpha value is -4.33. The molecule has 50 heavy (non-hydrogen) atoms. The summed E-state index contributed by atoms with van der Waals surface area (Å²) >= 11 is 0. The molecule has 0 bridgehead atoms. The van der Waals surface area contributed by atoms with Gasteiger partial charge in [0.25, 0.3) is 10.0 Å². The summed E-state index contributed by atoms with van der Waals surface area (Å²) in [4.78, 5) is 31.7. The quantitative estimate of drug-likeness (QED) is 0.142. The summed E-state index contributed by atoms with van der Waals surface area (Å²) in [5, 5.41) is 12.9. The fraction of sp³-hybridized carbons (Fsp3) is 0.417. The van der Waals surface area contributed by atoms with Gasteiger partial charge in [-0.05, 0) is 60.4 Å². The van der Waals surface area contributed by atoms with Crippen molar-refractivity contribution in [2.75, 3.05) is 29.3 Å². The molecule has 3 heterocycles. The monoisotopic (exact) mass is 723 g/mol. The molecule has 0 saturated carbocycles. The van der Waals surface area contributed by atoms with Crippen LogP contribution in [0, 0.1) is 24.7 Å². The van der Waals surface area contributed by atoms with Crippen LogP contribution in [0.15, 0.2) is 65.8 Å². The molecule has 12 nitrogen and oxygen atoms in total. The highest BCUT2D eigenvalue weighted by atomic mass is 35.5. The Morgan fingerprint density at radius 3 is 2.26 bits per heavy atom. The Labute approximate surface area is 300 Å². The van der Waals surface area contributed by atoms with E-state index < -0.39 is 16.0 Å². The maximum Gasteiger partial charge on any atom is 0.335 e. The smallest absolute Gasteiger partial charge is 0.335 e. The molecular formula is C36H46ClN7O5S. The molecule has 1 fully saturated rings. The summed E-state index contributed by atoms with van der Waals surface area (Å²) in [6.45, 7) is 17.5. The highest BCUT2D eigenvalue weighted by molar-refractivity contribution is 7.92. The Morgan fingerprint density at radius 2 is 1.66 bits per heavy atom. The molecule has 2 aromatic heterocycles. The van der Waals surface area contributed by atoms with Gasteiger partial charge in [-0.25, -0.2) is 32.9 Å². The Balaban J connectivity index is 0.00000562. The van der Waals surface area contributed by atoms with E-state index in [0.29, 0.717) is 23.5 Å². The summed E-state index contributed by atoms with van der Waals surface area (Å²) in [7, 11) is -4.24. The minimum absolute atomic E-state index is 0. The summed E-state index contributed by atoms with van der Waals surface area (Å²) in [5.41, 5.74) is 4.34. The Kier molecular flexibility index (Phi) is 11.8. The van der Waals surface area contributed by atoms with Gasteiger partial charge in [0.05, 0.1) is 40.8 Å². The van der Waals surface area contributed by atoms with Crippen molar-refractivity contribution in [3.05, 3.63) is 83.4 Å². The molecule has 0 unspecified atom stereocenters. The number of ether oxygens (including phenoxy) is 1. The van der Waals surface area contributed by atoms with Gasteiger partial charge < -0.3 is 20.1 Å². The minimum Gasteiger partial charge on any atom is -0.478 e. The van der Waals surface area contributed by atoms with Crippen LogP contribution >= 0.6 is 12.4 Å². The van der Waals surface area contributed by atoms with Gasteiger partial charge in [-0.15, -0.1) is 12.4 Å². The first kappa shape index (κ1) is 38.5. The standard InChI is InChI=1S/C36H45N7O5S.ClH/c1-23-10-8-11-24(2)32(23)29-15-31(41-34(40-29)42-49(46,47)28-13-9-12-25(14-28)33(44)45)48-20-26(16-35(3,4)5)37-19-30-38-17-27(18-39-30)43-21-36(6,7)22-43;/h8-15,17-18,26,37H,16,19-22H2,1-7H3,(H,44,45)(H,40,41,42);1H/t26-;/m1./s1. The van der Waals surface area contributed by atoms with E-state index in [2.05, 4.69) is 69.5 Å². The van der Waals surface area contributed by atoms with Crippen LogP contribution in [0.5, 0.6) is 5.88 Å². The average molecular weight is 724 g/mol. The van der Waals surface area contributed by atoms with Gasteiger partial charge in [0.15, 0.2) is 0 Å². The fourth-order valence-electron chi connectivity index (χ4n) is 5.99. The van der Waals surface area contributed by atoms with E-state index >= 15 is 0 Å². The van der Waals surface area contributed by atoms with Crippen molar-refractivity contribution in [2.24, 2.45) is 10.8 Å². The molecule has 0 spiro atoms. The lowest BCUT2D eigenvalue weighted by Crippen LogP contribution is -2.53. The molecule has 4 aromatic rings. The second-order valence-electron chi connectivity index (χ2n) is 14.7. The molecule has 1 atom stereocenters. The number of carboxylic acids is 1. The second kappa shape index (κ2) is 15.3. The topological polar surface area (TPSA) is 160 Å². The first-order chi connectivity index (χ1) is 23.0. The number of sulfonamides is 1. The summed E-state index contributed by atoms with van der Waals surface area (Å²) in [6.07, 6.45) is 4.50. The second-order valence-corrected chi connectivity index (χ2v) is 16.3. The Bertz CT molecular complexity index is 1900. The molecule has 0 amide bonds. The number of hydrogen-bond acceptors (Lipinski definition) is 10. The summed E-state index contributed by atoms with van der Waals surface area (Å²) in [5.74, 6) is -0.581. The van der Waals surface area contributed by atoms with Crippen LogP contribution in [0.3, 0.4) is 0 Å². The molecule has 0 radical (unpaired) electrons. The van der Waals surface area contributed by atoms with E-state index in [1.165, 1.54) is 18.2 Å². The number of rotatable bonds is 13. The van der Waals surface area contributed by atoms with Gasteiger partial charge in [-0.2, -0.15) is 4.98 Å². The van der Waals surface area contributed by atoms with Crippen LogP contribution in [0.2, 0.25) is 0 Å². The number of aromatic carboxylic acids is 1. The van der Waals surface area contributed by atoms with Crippen molar-refractivity contribution in [3.63, 3.8) is 0 Å². The Morgan fingerprint density at radius 1 is 1.02 bits per heavy atom. The van der Waals surface area contributed by atoms with Gasteiger partial charge in [-0.1, -0.05) is 58.9 Å². The van der Waals surface area contributed by atoms with E-state index in [-0.39, 0.29) is 52.8 Å². The largest absolute Gasteiger partial charge is 0.478 e. The number of carbonyl (C=O) groups is 1. The van der Waals surface area contributed by atoms with Gasteiger partial charge in [0.1, 0.15) is 12.4 Å². The SMILES string of the molecule is Cc1cccc(C)c1-c1cc(OC[C@@H](CC(C)(C)C)NCc2ncc(N3CC(C)(C)C3)cn2)nc(NS(=O)(=O)c2cccc(C(=O)O)c2)n1.Cl. The van der Waals surface area contributed by atoms with Crippen molar-refractivity contribution in [3.8, 4) is 17.1 Å². The molecule has 2 aromatic carbocycles. The van der Waals surface area contributed by atoms with Gasteiger partial charge in [-0.3, -0.25) is 0 Å². The first-order valence-electron chi connectivity index (χ1n) is 16.2. The van der Waals surface area contributed by atoms with Crippen molar-refractivity contribution in [1.82, 2.24) is 25.3 Å². The van der Waals surface area contributed by atoms with Gasteiger partial charge in [0, 0.05) is 30.8 Å². The fourth-order valence-corrected chi connectivity index (χ4v) is 6.98. The third-order valence-electron chi connectivity index (χ3n) is 8.19. The molecule has 1 saturated heterocycles. The van der Waals surface area contributed by atoms with Crippen LogP contribution in [-0.2, 0) is 16.6 Å². The van der Waals surface area contributed by atoms with E-state index in [9.17, 15) is 18.3 Å². The zero-order valence-electron chi connectivity index (χ0n) is 29.5. The number of aryl methyl sites for hydroxylation is 2. The van der Waals surface area contributed by atoms with Crippen LogP contribution in [-0.4, -0.2) is 65.2 Å². The molecule has 268 valence electrons. The first-order valence-corrected chi connectivity index (χ1v) is 17.7. The van der Waals surface area contributed by atoms with E-state index in [0.717, 1.165) is 48.0 Å². The lowest BCUT2D eigenvalue weighted by molar-refractivity contribution is 0.0696. The number of carboxylic acid groups (broad SMARTS) is 1. The van der Waals surface area contributed by atoms with Crippen LogP contribution in [0.1, 0.15) is 68.3 Å². The predicted molar refractivity (Wildman–Crippen MR) is 197 cm³/mol. The number of nitrogens with one attached hydrogen (secondary N) is 2. The van der Waals surface area contributed by atoms with Crippen molar-refractivity contribution >= 4 is 40.0 Å². The molecule has 3 N–H and O–H groups in total. The zero-order chi connectivity index (χ0) is 35.6. The molecule has 1 aliphatic rings. The van der Waals surface area contributed by atoms with Gasteiger partial charge in [0.2, 0.25) is 11.8 Å². The third-order valence-corrected chi connectivity index (χ3v) is 9.52. The normalized spacial score (nSPS) is 14.7. The third kappa shape index (κ3) is 9.89. The van der Waals surface area contributed by atoms with Crippen LogP contribution < -0.4 is 19.7 Å². The van der Waals surface area contributed by atoms with Crippen molar-refractivity contribution in [2.45, 2.75) is 72.4 Å². The number of anilines is 2. The van der Waals surface area contributed by atoms with E-state index in [1.807, 2.05) is 44.4 Å². The summed E-state index contributed by atoms with van der Waals surface area (Å²) in [6, 6.07) is 12.5. The molecule has 14 heteroatoms. The highest BCUT2D eigenvalue weighted by Gasteiger charge is 2.34. The zero-order valence-corrected chi connectivity index (χ0v) is 31.2. The minimum atomic E-state index is -4.24. The lowest BCUT2D eigenvalue weighted by atomic mass is 9.84. The molecule has 0 aliphatic carbocycles. The summed E-state index contributed by atoms with van der Waals surface area (Å²) < 4.78 is 35.4. The number of halogens is 1. The van der Waals surface area contributed by atoms with E-state index in [4.69, 9.17) is 4.74 Å². The number of hydrogen-bond donors (Lipinski definition) is 3. The maximum absolute atomic E-state index is 13.4. The molecular weight excluding hydrogens is 678 g/mol. The van der Waals surface area contributed by atoms with Gasteiger partial charge >= 0.3 is 5.97 Å². The van der Waals surface area contributed by atoms with Crippen molar-refractivity contribution < 1.29 is 23.1 Å². The number of benzene rings is 2. The van der Waals surface area contributed by atoms with Crippen LogP contribution in [0.4, 0.5) is 11.6 Å². The maximum atomic E-state index is 13.4. The van der Waals surface area contributed by atoms with E-state index in [1.54, 1.807) is 6.07 Å². The number of nitrogens with zero attached hydrogens (tertiary/aromatic N) is 5. The average Bonchev–Trinajstić information content (AvgIpc) is 3.00. The molecule has 1 aliphatic heterocycles. The predicted octanol–water partition coefficient (Wildman–Crippen LogP) is 6.29. The highest BCUT2D eigenvalue weighted by Crippen LogP contribution is 2.33. The van der Waals surface area contributed by atoms with Crippen molar-refractivity contribution in [1.29, 1.82) is 0 Å². The number of aromatic nitrogens is 4. The molecule has 5 rings (SSSR count). The lowest BCUT2D eigenvalue weighted by Gasteiger charge is -2.47.